The second-order valence-electron chi connectivity index (χ2n) is 6.98. The lowest BCUT2D eigenvalue weighted by Gasteiger charge is -2.40. The van der Waals surface area contributed by atoms with Crippen LogP contribution in [0.15, 0.2) is 4.99 Å². The molecule has 3 fully saturated rings. The van der Waals surface area contributed by atoms with Gasteiger partial charge in [0.2, 0.25) is 0 Å². The van der Waals surface area contributed by atoms with E-state index in [1.807, 2.05) is 7.05 Å². The van der Waals surface area contributed by atoms with Gasteiger partial charge in [0.05, 0.1) is 25.9 Å². The summed E-state index contributed by atoms with van der Waals surface area (Å²) in [4.78, 5) is 4.37. The van der Waals surface area contributed by atoms with Crippen LogP contribution in [0.4, 0.5) is 0 Å². The highest BCUT2D eigenvalue weighted by Gasteiger charge is 2.32. The minimum atomic E-state index is 0.140. The van der Waals surface area contributed by atoms with Crippen LogP contribution in [0.2, 0.25) is 0 Å². The topological polar surface area (TPSA) is 54.9 Å². The minimum Gasteiger partial charge on any atom is -0.376 e. The first kappa shape index (κ1) is 16.1. The fraction of sp³-hybridized carbons (Fsp3) is 0.941. The predicted octanol–water partition coefficient (Wildman–Crippen LogP) is 1.93. The Balaban J connectivity index is 1.42. The first-order valence-corrected chi connectivity index (χ1v) is 9.01. The Kier molecular flexibility index (Phi) is 5.96. The molecule has 1 heterocycles. The van der Waals surface area contributed by atoms with E-state index >= 15 is 0 Å². The molecule has 5 heteroatoms. The number of rotatable bonds is 3. The van der Waals surface area contributed by atoms with Crippen molar-refractivity contribution < 1.29 is 9.47 Å². The van der Waals surface area contributed by atoms with Crippen LogP contribution in [-0.4, -0.2) is 51.5 Å². The van der Waals surface area contributed by atoms with E-state index in [0.29, 0.717) is 25.9 Å². The van der Waals surface area contributed by atoms with Gasteiger partial charge < -0.3 is 20.1 Å². The number of hydrogen-bond acceptors (Lipinski definition) is 3. The van der Waals surface area contributed by atoms with Gasteiger partial charge in [0.25, 0.3) is 0 Å². The molecule has 3 aliphatic rings. The van der Waals surface area contributed by atoms with E-state index in [0.717, 1.165) is 24.3 Å². The van der Waals surface area contributed by atoms with E-state index in [2.05, 4.69) is 15.6 Å². The van der Waals surface area contributed by atoms with Crippen molar-refractivity contribution in [2.75, 3.05) is 33.4 Å². The van der Waals surface area contributed by atoms with E-state index < -0.39 is 0 Å². The van der Waals surface area contributed by atoms with Crippen LogP contribution >= 0.6 is 0 Å². The second kappa shape index (κ2) is 8.16. The minimum absolute atomic E-state index is 0.140. The van der Waals surface area contributed by atoms with Gasteiger partial charge in [0, 0.05) is 19.6 Å². The molecular formula is C17H31N3O2. The van der Waals surface area contributed by atoms with E-state index in [1.54, 1.807) is 0 Å². The van der Waals surface area contributed by atoms with Crippen molar-refractivity contribution in [3.05, 3.63) is 0 Å². The maximum Gasteiger partial charge on any atom is 0.191 e. The summed E-state index contributed by atoms with van der Waals surface area (Å²) in [5.41, 5.74) is 0. The molecule has 2 aliphatic carbocycles. The van der Waals surface area contributed by atoms with Gasteiger partial charge in [-0.2, -0.15) is 0 Å². The van der Waals surface area contributed by atoms with Gasteiger partial charge in [-0.05, 0) is 31.1 Å². The zero-order chi connectivity index (χ0) is 15.2. The van der Waals surface area contributed by atoms with Crippen molar-refractivity contribution in [3.8, 4) is 0 Å². The van der Waals surface area contributed by atoms with Crippen molar-refractivity contribution in [2.45, 2.75) is 57.1 Å². The summed E-state index contributed by atoms with van der Waals surface area (Å²) < 4.78 is 11.1. The molecule has 5 nitrogen and oxygen atoms in total. The van der Waals surface area contributed by atoms with Crippen molar-refractivity contribution in [3.63, 3.8) is 0 Å². The number of ether oxygens (including phenoxy) is 2. The lowest BCUT2D eigenvalue weighted by molar-refractivity contribution is -0.0850. The summed E-state index contributed by atoms with van der Waals surface area (Å²) in [6.07, 6.45) is 9.90. The molecule has 22 heavy (non-hydrogen) atoms. The Morgan fingerprint density at radius 1 is 1.09 bits per heavy atom. The number of aliphatic imine (C=N–C) groups is 1. The van der Waals surface area contributed by atoms with Crippen LogP contribution in [-0.2, 0) is 9.47 Å². The number of nitrogens with zero attached hydrogens (tertiary/aromatic N) is 1. The Bertz CT molecular complexity index is 369. The highest BCUT2D eigenvalue weighted by atomic mass is 16.6. The summed E-state index contributed by atoms with van der Waals surface area (Å²) in [5, 5.41) is 7.01. The molecule has 0 amide bonds. The van der Waals surface area contributed by atoms with Crippen molar-refractivity contribution >= 4 is 5.96 Å². The highest BCUT2D eigenvalue weighted by molar-refractivity contribution is 5.80. The number of fused-ring (bicyclic) bond motifs is 1. The number of hydrogen-bond donors (Lipinski definition) is 2. The predicted molar refractivity (Wildman–Crippen MR) is 88.1 cm³/mol. The Labute approximate surface area is 134 Å². The van der Waals surface area contributed by atoms with Gasteiger partial charge in [-0.15, -0.1) is 0 Å². The lowest BCUT2D eigenvalue weighted by atomic mass is 9.69. The third-order valence-corrected chi connectivity index (χ3v) is 5.49. The normalized spacial score (nSPS) is 36.5. The zero-order valence-electron chi connectivity index (χ0n) is 13.9. The molecule has 3 rings (SSSR count). The summed E-state index contributed by atoms with van der Waals surface area (Å²) in [5.74, 6) is 2.84. The van der Waals surface area contributed by atoms with Crippen LogP contribution in [0.25, 0.3) is 0 Å². The molecule has 2 saturated carbocycles. The maximum atomic E-state index is 5.66. The van der Waals surface area contributed by atoms with Crippen LogP contribution in [0.1, 0.15) is 44.9 Å². The quantitative estimate of drug-likeness (QED) is 0.618. The average Bonchev–Trinajstić information content (AvgIpc) is 2.59. The first-order valence-electron chi connectivity index (χ1n) is 9.01. The van der Waals surface area contributed by atoms with Gasteiger partial charge in [-0.3, -0.25) is 4.99 Å². The molecule has 1 saturated heterocycles. The van der Waals surface area contributed by atoms with Crippen LogP contribution in [0.5, 0.6) is 0 Å². The van der Waals surface area contributed by atoms with Gasteiger partial charge in [-0.1, -0.05) is 25.7 Å². The molecule has 4 atom stereocenters. The van der Waals surface area contributed by atoms with E-state index in [4.69, 9.17) is 9.47 Å². The molecular weight excluding hydrogens is 278 g/mol. The Morgan fingerprint density at radius 3 is 2.73 bits per heavy atom. The molecule has 1 aliphatic heterocycles. The van der Waals surface area contributed by atoms with Gasteiger partial charge in [0.1, 0.15) is 0 Å². The monoisotopic (exact) mass is 309 g/mol. The fourth-order valence-corrected chi connectivity index (χ4v) is 4.26. The van der Waals surface area contributed by atoms with E-state index in [9.17, 15) is 0 Å². The molecule has 0 aromatic rings. The number of guanidine groups is 1. The zero-order valence-corrected chi connectivity index (χ0v) is 13.9. The van der Waals surface area contributed by atoms with Gasteiger partial charge in [-0.25, -0.2) is 0 Å². The lowest BCUT2D eigenvalue weighted by Crippen LogP contribution is -2.49. The summed E-state index contributed by atoms with van der Waals surface area (Å²) in [6.45, 7) is 2.85. The number of nitrogens with one attached hydrogen (secondary N) is 2. The molecule has 0 radical (unpaired) electrons. The summed E-state index contributed by atoms with van der Waals surface area (Å²) >= 11 is 0. The van der Waals surface area contributed by atoms with Crippen LogP contribution in [0, 0.1) is 11.8 Å². The second-order valence-corrected chi connectivity index (χ2v) is 6.98. The van der Waals surface area contributed by atoms with Crippen LogP contribution < -0.4 is 10.6 Å². The fourth-order valence-electron chi connectivity index (χ4n) is 4.26. The summed E-state index contributed by atoms with van der Waals surface area (Å²) in [7, 11) is 1.85. The van der Waals surface area contributed by atoms with Crippen LogP contribution in [0.3, 0.4) is 0 Å². The van der Waals surface area contributed by atoms with Gasteiger partial charge >= 0.3 is 0 Å². The van der Waals surface area contributed by atoms with Crippen molar-refractivity contribution in [1.29, 1.82) is 0 Å². The molecule has 0 aromatic carbocycles. The van der Waals surface area contributed by atoms with Crippen molar-refractivity contribution in [2.24, 2.45) is 16.8 Å². The summed E-state index contributed by atoms with van der Waals surface area (Å²) in [6, 6.07) is 0.578. The Morgan fingerprint density at radius 2 is 1.95 bits per heavy atom. The first-order chi connectivity index (χ1) is 10.8. The highest BCUT2D eigenvalue weighted by Crippen LogP contribution is 2.40. The smallest absolute Gasteiger partial charge is 0.191 e. The largest absolute Gasteiger partial charge is 0.376 e. The average molecular weight is 309 g/mol. The molecule has 0 spiro atoms. The third-order valence-electron chi connectivity index (χ3n) is 5.49. The molecule has 0 bridgehead atoms. The molecule has 126 valence electrons. The Hall–Kier alpha value is -0.810. The standard InChI is InChI=1S/C17H31N3O2/c1-18-17(19-11-16-12-21-8-9-22-16)20-15-7-6-13-4-2-3-5-14(13)10-15/h13-16H,2-12H2,1H3,(H2,18,19,20). The SMILES string of the molecule is CN=C(NCC1COCCO1)NC1CCC2CCCCC2C1. The van der Waals surface area contributed by atoms with Gasteiger partial charge in [0.15, 0.2) is 5.96 Å². The third kappa shape index (κ3) is 4.35. The van der Waals surface area contributed by atoms with Crippen molar-refractivity contribution in [1.82, 2.24) is 10.6 Å². The maximum absolute atomic E-state index is 5.66. The van der Waals surface area contributed by atoms with E-state index in [-0.39, 0.29) is 6.10 Å². The molecule has 4 unspecified atom stereocenters. The molecule has 0 aromatic heterocycles. The molecule has 2 N–H and O–H groups in total. The van der Waals surface area contributed by atoms with E-state index in [1.165, 1.54) is 44.9 Å².